The Balaban J connectivity index is 0.000000352. The molecule has 0 radical (unpaired) electrons. The SMILES string of the molecule is Cc1ccccc1Oc1nc(S(C)(=O)=O)ncc1C(=O)NCc1cc(Cl)cc(Cl)c1.O=C(OO)c1cccc(Cl)c1. The van der Waals surface area contributed by atoms with Crippen molar-refractivity contribution in [3.05, 3.63) is 110 Å². The first-order valence-electron chi connectivity index (χ1n) is 11.5. The van der Waals surface area contributed by atoms with Crippen LogP contribution in [-0.4, -0.2) is 41.8 Å². The van der Waals surface area contributed by atoms with Gasteiger partial charge in [-0.3, -0.25) is 9.68 Å². The fourth-order valence-corrected chi connectivity index (χ4v) is 4.45. The van der Waals surface area contributed by atoms with Crippen LogP contribution < -0.4 is 10.1 Å². The van der Waals surface area contributed by atoms with Gasteiger partial charge >= 0.3 is 5.97 Å². The summed E-state index contributed by atoms with van der Waals surface area (Å²) in [4.78, 5) is 34.6. The highest BCUT2D eigenvalue weighted by atomic mass is 35.5. The molecule has 41 heavy (non-hydrogen) atoms. The number of benzene rings is 3. The van der Waals surface area contributed by atoms with E-state index in [0.29, 0.717) is 26.4 Å². The smallest absolute Gasteiger partial charge is 0.372 e. The van der Waals surface area contributed by atoms with E-state index in [0.717, 1.165) is 18.0 Å². The molecule has 2 N–H and O–H groups in total. The maximum atomic E-state index is 12.8. The minimum absolute atomic E-state index is 0.0150. The number of hydrogen-bond donors (Lipinski definition) is 2. The highest BCUT2D eigenvalue weighted by Crippen LogP contribution is 2.27. The minimum Gasteiger partial charge on any atom is -0.438 e. The van der Waals surface area contributed by atoms with Crippen molar-refractivity contribution in [2.45, 2.75) is 18.6 Å². The van der Waals surface area contributed by atoms with Gasteiger partial charge in [0.15, 0.2) is 0 Å². The predicted molar refractivity (Wildman–Crippen MR) is 154 cm³/mol. The van der Waals surface area contributed by atoms with Crippen LogP contribution >= 0.6 is 34.8 Å². The maximum Gasteiger partial charge on any atom is 0.372 e. The summed E-state index contributed by atoms with van der Waals surface area (Å²) in [7, 11) is -3.70. The van der Waals surface area contributed by atoms with Gasteiger partial charge in [0.05, 0.1) is 5.56 Å². The number of aryl methyl sites for hydroxylation is 1. The summed E-state index contributed by atoms with van der Waals surface area (Å²) in [5.41, 5.74) is 1.69. The van der Waals surface area contributed by atoms with Crippen molar-refractivity contribution in [3.8, 4) is 11.6 Å². The largest absolute Gasteiger partial charge is 0.438 e. The predicted octanol–water partition coefficient (Wildman–Crippen LogP) is 6.19. The summed E-state index contributed by atoms with van der Waals surface area (Å²) in [6, 6.07) is 18.1. The molecule has 0 saturated carbocycles. The summed E-state index contributed by atoms with van der Waals surface area (Å²) in [6.45, 7) is 1.95. The lowest BCUT2D eigenvalue weighted by Crippen LogP contribution is -2.24. The Morgan fingerprint density at radius 3 is 2.24 bits per heavy atom. The van der Waals surface area contributed by atoms with Crippen LogP contribution in [-0.2, 0) is 21.3 Å². The number of aromatic nitrogens is 2. The normalized spacial score (nSPS) is 10.7. The van der Waals surface area contributed by atoms with E-state index in [2.05, 4.69) is 20.2 Å². The molecule has 3 aromatic carbocycles. The molecule has 0 aliphatic heterocycles. The van der Waals surface area contributed by atoms with E-state index >= 15 is 0 Å². The average molecular weight is 639 g/mol. The third-order valence-corrected chi connectivity index (χ3v) is 6.66. The van der Waals surface area contributed by atoms with E-state index in [4.69, 9.17) is 44.8 Å². The molecule has 1 heterocycles. The zero-order valence-electron chi connectivity index (χ0n) is 21.5. The number of nitrogens with one attached hydrogen (secondary N) is 1. The van der Waals surface area contributed by atoms with Crippen molar-refractivity contribution in [1.29, 1.82) is 0 Å². The van der Waals surface area contributed by atoms with Crippen LogP contribution in [0.25, 0.3) is 0 Å². The summed E-state index contributed by atoms with van der Waals surface area (Å²) in [5, 5.41) is 11.6. The van der Waals surface area contributed by atoms with Gasteiger partial charge in [0.25, 0.3) is 5.91 Å². The molecule has 4 rings (SSSR count). The van der Waals surface area contributed by atoms with E-state index in [1.165, 1.54) is 12.1 Å². The number of para-hydroxylation sites is 1. The molecule has 1 amide bonds. The first-order valence-corrected chi connectivity index (χ1v) is 14.5. The Morgan fingerprint density at radius 1 is 0.951 bits per heavy atom. The summed E-state index contributed by atoms with van der Waals surface area (Å²) >= 11 is 17.5. The molecule has 0 fully saturated rings. The van der Waals surface area contributed by atoms with Crippen molar-refractivity contribution in [1.82, 2.24) is 15.3 Å². The molecule has 4 aromatic rings. The second-order valence-corrected chi connectivity index (χ2v) is 11.6. The van der Waals surface area contributed by atoms with Crippen molar-refractivity contribution in [2.24, 2.45) is 0 Å². The number of rotatable bonds is 7. The number of carbonyl (C=O) groups excluding carboxylic acids is 2. The van der Waals surface area contributed by atoms with E-state index in [1.807, 2.05) is 19.1 Å². The van der Waals surface area contributed by atoms with Gasteiger partial charge in [0, 0.05) is 34.1 Å². The molecule has 0 saturated heterocycles. The number of sulfone groups is 1. The molecule has 0 atom stereocenters. The van der Waals surface area contributed by atoms with Gasteiger partial charge in [-0.05, 0) is 60.5 Å². The monoisotopic (exact) mass is 637 g/mol. The topological polar surface area (TPSA) is 145 Å². The van der Waals surface area contributed by atoms with Crippen LogP contribution in [0.3, 0.4) is 0 Å². The number of carbonyl (C=O) groups is 2. The Labute approximate surface area is 250 Å². The number of nitrogens with zero attached hydrogens (tertiary/aromatic N) is 2. The van der Waals surface area contributed by atoms with Gasteiger partial charge in [-0.2, -0.15) is 10.2 Å². The van der Waals surface area contributed by atoms with Crippen LogP contribution in [0.1, 0.15) is 31.8 Å². The molecular formula is C27H22Cl3N3O7S. The maximum absolute atomic E-state index is 12.8. The summed E-state index contributed by atoms with van der Waals surface area (Å²) in [6.07, 6.45) is 2.10. The van der Waals surface area contributed by atoms with Crippen LogP contribution in [0, 0.1) is 6.92 Å². The fraction of sp³-hybridized carbons (Fsp3) is 0.111. The first kappa shape index (κ1) is 31.8. The fourth-order valence-electron chi connectivity index (χ4n) is 3.20. The van der Waals surface area contributed by atoms with E-state index in [-0.39, 0.29) is 23.6 Å². The Kier molecular flexibility index (Phi) is 11.0. The highest BCUT2D eigenvalue weighted by Gasteiger charge is 2.21. The van der Waals surface area contributed by atoms with Gasteiger partial charge in [-0.15, -0.1) is 0 Å². The van der Waals surface area contributed by atoms with Gasteiger partial charge in [-0.25, -0.2) is 18.2 Å². The van der Waals surface area contributed by atoms with Crippen molar-refractivity contribution >= 4 is 56.5 Å². The van der Waals surface area contributed by atoms with Crippen LogP contribution in [0.5, 0.6) is 11.6 Å². The molecule has 0 aliphatic rings. The first-order chi connectivity index (χ1) is 19.4. The van der Waals surface area contributed by atoms with E-state index in [9.17, 15) is 18.0 Å². The molecule has 0 aliphatic carbocycles. The standard InChI is InChI=1S/C20H17Cl2N3O4S.C7H5ClO3/c1-12-5-3-4-6-17(12)29-19-16(11-24-20(25-19)30(2,27)28)18(26)23-10-13-7-14(21)9-15(22)8-13;8-6-3-1-2-5(4-6)7(9)11-10/h3-9,11H,10H2,1-2H3,(H,23,26);1-4,10H. The second kappa shape index (κ2) is 14.2. The second-order valence-electron chi connectivity index (χ2n) is 8.36. The number of amides is 1. The van der Waals surface area contributed by atoms with Crippen LogP contribution in [0.4, 0.5) is 0 Å². The molecule has 1 aromatic heterocycles. The molecule has 0 bridgehead atoms. The van der Waals surface area contributed by atoms with Crippen LogP contribution in [0.2, 0.25) is 15.1 Å². The van der Waals surface area contributed by atoms with Crippen LogP contribution in [0.15, 0.2) is 78.1 Å². The lowest BCUT2D eigenvalue weighted by molar-refractivity contribution is -0.182. The molecule has 14 heteroatoms. The minimum atomic E-state index is -3.70. The van der Waals surface area contributed by atoms with Crippen molar-refractivity contribution in [3.63, 3.8) is 0 Å². The van der Waals surface area contributed by atoms with Gasteiger partial charge < -0.3 is 10.1 Å². The number of halogens is 3. The summed E-state index contributed by atoms with van der Waals surface area (Å²) < 4.78 is 29.5. The van der Waals surface area contributed by atoms with Crippen molar-refractivity contribution in [2.75, 3.05) is 6.26 Å². The Morgan fingerprint density at radius 2 is 1.63 bits per heavy atom. The van der Waals surface area contributed by atoms with Crippen molar-refractivity contribution < 1.29 is 32.9 Å². The molecule has 0 unspecified atom stereocenters. The Hall–Kier alpha value is -3.74. The third-order valence-electron chi connectivity index (χ3n) is 5.13. The molecular weight excluding hydrogens is 617 g/mol. The van der Waals surface area contributed by atoms with Gasteiger partial charge in [0.1, 0.15) is 11.3 Å². The van der Waals surface area contributed by atoms with E-state index < -0.39 is 26.9 Å². The van der Waals surface area contributed by atoms with E-state index in [1.54, 1.807) is 42.5 Å². The van der Waals surface area contributed by atoms with Gasteiger partial charge in [-0.1, -0.05) is 59.1 Å². The summed E-state index contributed by atoms with van der Waals surface area (Å²) in [5.74, 6) is -1.09. The molecule has 0 spiro atoms. The Bertz CT molecular complexity index is 1660. The molecule has 10 nitrogen and oxygen atoms in total. The zero-order chi connectivity index (χ0) is 30.2. The average Bonchev–Trinajstić information content (AvgIpc) is 2.92. The highest BCUT2D eigenvalue weighted by molar-refractivity contribution is 7.90. The third kappa shape index (κ3) is 9.41. The molecule has 214 valence electrons. The zero-order valence-corrected chi connectivity index (χ0v) is 24.6. The lowest BCUT2D eigenvalue weighted by Gasteiger charge is -2.13. The number of ether oxygens (including phenoxy) is 1. The van der Waals surface area contributed by atoms with Gasteiger partial charge in [0.2, 0.25) is 20.9 Å². The lowest BCUT2D eigenvalue weighted by atomic mass is 10.2. The quantitative estimate of drug-likeness (QED) is 0.138. The number of hydrogen-bond acceptors (Lipinski definition) is 9.